The molecule has 0 spiro atoms. The molecule has 1 amide bonds. The normalized spacial score (nSPS) is 16.1. The third kappa shape index (κ3) is 4.80. The number of piperidine rings is 1. The van der Waals surface area contributed by atoms with E-state index in [9.17, 15) is 18.0 Å². The molecule has 34 heavy (non-hydrogen) atoms. The minimum atomic E-state index is -4.46. The molecule has 0 aliphatic carbocycles. The van der Waals surface area contributed by atoms with Crippen LogP contribution in [0, 0.1) is 11.8 Å². The highest BCUT2D eigenvalue weighted by atomic mass is 19.4. The molecule has 1 aromatic carbocycles. The van der Waals surface area contributed by atoms with Gasteiger partial charge in [0.05, 0.1) is 17.0 Å². The summed E-state index contributed by atoms with van der Waals surface area (Å²) >= 11 is 0. The van der Waals surface area contributed by atoms with E-state index in [0.29, 0.717) is 29.8 Å². The lowest BCUT2D eigenvalue weighted by Gasteiger charge is -2.32. The zero-order valence-electron chi connectivity index (χ0n) is 18.0. The number of halogens is 3. The Hall–Kier alpha value is -4.07. The molecule has 3 heterocycles. The van der Waals surface area contributed by atoms with Crippen molar-refractivity contribution in [3.8, 4) is 17.6 Å². The van der Waals surface area contributed by atoms with Gasteiger partial charge in [0.2, 0.25) is 5.91 Å². The van der Waals surface area contributed by atoms with E-state index in [-0.39, 0.29) is 30.1 Å². The lowest BCUT2D eigenvalue weighted by molar-refractivity contribution is -0.137. The lowest BCUT2D eigenvalue weighted by Crippen LogP contribution is -2.40. The van der Waals surface area contributed by atoms with Gasteiger partial charge in [-0.2, -0.15) is 18.3 Å². The predicted octanol–water partition coefficient (Wildman–Crippen LogP) is 3.21. The molecule has 1 atom stereocenters. The number of alkyl halides is 3. The topological polar surface area (TPSA) is 99.2 Å². The van der Waals surface area contributed by atoms with E-state index >= 15 is 0 Å². The molecule has 1 aliphatic heterocycles. The number of nitrogens with zero attached hydrogens (tertiary/aromatic N) is 5. The van der Waals surface area contributed by atoms with E-state index in [1.807, 2.05) is 0 Å². The van der Waals surface area contributed by atoms with Crippen molar-refractivity contribution in [3.63, 3.8) is 0 Å². The number of nitrogen functional groups attached to an aromatic ring is 1. The Bertz CT molecular complexity index is 1290. The van der Waals surface area contributed by atoms with E-state index in [4.69, 9.17) is 10.5 Å². The summed E-state index contributed by atoms with van der Waals surface area (Å²) in [5, 5.41) is 5.05. The average molecular weight is 470 g/mol. The fraction of sp³-hybridized carbons (Fsp3) is 0.304. The second kappa shape index (κ2) is 9.43. The fourth-order valence-corrected chi connectivity index (χ4v) is 3.82. The average Bonchev–Trinajstić information content (AvgIpc) is 3.21. The van der Waals surface area contributed by atoms with Gasteiger partial charge in [0.15, 0.2) is 5.65 Å². The highest BCUT2D eigenvalue weighted by Crippen LogP contribution is 2.31. The quantitative estimate of drug-likeness (QED) is 0.465. The van der Waals surface area contributed by atoms with Gasteiger partial charge in [0, 0.05) is 13.1 Å². The molecule has 0 unspecified atom stereocenters. The number of anilines is 1. The maximum atomic E-state index is 12.9. The molecule has 4 rings (SSSR count). The number of carbonyl (C=O) groups excluding carboxylic acids is 1. The van der Waals surface area contributed by atoms with Crippen LogP contribution in [0.15, 0.2) is 43.2 Å². The molecular formula is C23H21F3N6O2. The van der Waals surface area contributed by atoms with E-state index in [1.165, 1.54) is 24.5 Å². The summed E-state index contributed by atoms with van der Waals surface area (Å²) in [5.41, 5.74) is 6.08. The molecule has 8 nitrogen and oxygen atoms in total. The van der Waals surface area contributed by atoms with E-state index in [0.717, 1.165) is 25.0 Å². The van der Waals surface area contributed by atoms with E-state index in [2.05, 4.69) is 33.5 Å². The molecule has 0 bridgehead atoms. The second-order valence-electron chi connectivity index (χ2n) is 7.65. The molecular weight excluding hydrogens is 449 g/mol. The molecule has 2 aromatic heterocycles. The first-order valence-corrected chi connectivity index (χ1v) is 10.5. The summed E-state index contributed by atoms with van der Waals surface area (Å²) < 4.78 is 45.7. The fourth-order valence-electron chi connectivity index (χ4n) is 3.82. The van der Waals surface area contributed by atoms with Gasteiger partial charge in [0.1, 0.15) is 30.2 Å². The first-order valence-electron chi connectivity index (χ1n) is 10.5. The second-order valence-corrected chi connectivity index (χ2v) is 7.65. The molecule has 176 valence electrons. The van der Waals surface area contributed by atoms with Crippen molar-refractivity contribution in [1.29, 1.82) is 0 Å². The van der Waals surface area contributed by atoms with Gasteiger partial charge in [-0.05, 0) is 43.0 Å². The minimum Gasteiger partial charge on any atom is -0.481 e. The Morgan fingerprint density at radius 3 is 2.94 bits per heavy atom. The summed E-state index contributed by atoms with van der Waals surface area (Å²) in [5.74, 6) is 5.73. The highest BCUT2D eigenvalue weighted by molar-refractivity contribution is 5.90. The number of carbonyl (C=O) groups is 1. The van der Waals surface area contributed by atoms with Gasteiger partial charge < -0.3 is 15.4 Å². The van der Waals surface area contributed by atoms with Crippen LogP contribution in [-0.2, 0) is 11.0 Å². The summed E-state index contributed by atoms with van der Waals surface area (Å²) in [6.07, 6.45) is -0.269. The zero-order valence-corrected chi connectivity index (χ0v) is 18.0. The number of ether oxygens (including phenoxy) is 1. The molecule has 1 fully saturated rings. The number of aromatic nitrogens is 4. The minimum absolute atomic E-state index is 0.0524. The monoisotopic (exact) mass is 470 g/mol. The first-order chi connectivity index (χ1) is 16.3. The number of benzene rings is 1. The number of rotatable bonds is 4. The number of hydrogen-bond acceptors (Lipinski definition) is 6. The van der Waals surface area contributed by atoms with Crippen LogP contribution < -0.4 is 10.5 Å². The van der Waals surface area contributed by atoms with E-state index < -0.39 is 11.7 Å². The van der Waals surface area contributed by atoms with E-state index in [1.54, 1.807) is 9.58 Å². The van der Waals surface area contributed by atoms with Crippen LogP contribution >= 0.6 is 0 Å². The third-order valence-electron chi connectivity index (χ3n) is 5.43. The van der Waals surface area contributed by atoms with Gasteiger partial charge >= 0.3 is 6.18 Å². The van der Waals surface area contributed by atoms with Crippen molar-refractivity contribution >= 4 is 22.8 Å². The van der Waals surface area contributed by atoms with Crippen LogP contribution in [0.25, 0.3) is 11.0 Å². The third-order valence-corrected chi connectivity index (χ3v) is 5.43. The van der Waals surface area contributed by atoms with Gasteiger partial charge in [-0.3, -0.25) is 4.79 Å². The van der Waals surface area contributed by atoms with Gasteiger partial charge in [-0.1, -0.05) is 18.6 Å². The summed E-state index contributed by atoms with van der Waals surface area (Å²) in [7, 11) is 0. The number of likely N-dealkylation sites (tertiary alicyclic amines) is 1. The van der Waals surface area contributed by atoms with Crippen LogP contribution in [0.1, 0.15) is 30.1 Å². The van der Waals surface area contributed by atoms with Gasteiger partial charge in [0.25, 0.3) is 0 Å². The number of amides is 1. The number of nitrogens with two attached hydrogens (primary N) is 1. The van der Waals surface area contributed by atoms with Crippen LogP contribution in [0.5, 0.6) is 5.75 Å². The van der Waals surface area contributed by atoms with Crippen LogP contribution in [0.3, 0.4) is 0 Å². The first kappa shape index (κ1) is 23.1. The SMILES string of the molecule is C=CC(=O)N1CCC[C@@H](n2nc(C#CCOc3cccc(C(F)(F)F)c3)c3c(N)ncnc32)C1. The number of hydrogen-bond donors (Lipinski definition) is 1. The molecule has 0 radical (unpaired) electrons. The lowest BCUT2D eigenvalue weighted by atomic mass is 10.1. The number of fused-ring (bicyclic) bond motifs is 1. The van der Waals surface area contributed by atoms with Crippen LogP contribution in [0.2, 0.25) is 0 Å². The molecule has 1 saturated heterocycles. The Morgan fingerprint density at radius 1 is 1.35 bits per heavy atom. The smallest absolute Gasteiger partial charge is 0.416 e. The van der Waals surface area contributed by atoms with Crippen LogP contribution in [-0.4, -0.2) is 50.3 Å². The largest absolute Gasteiger partial charge is 0.481 e. The van der Waals surface area contributed by atoms with Crippen molar-refractivity contribution < 1.29 is 22.7 Å². The van der Waals surface area contributed by atoms with Crippen molar-refractivity contribution in [3.05, 3.63) is 54.5 Å². The maximum absolute atomic E-state index is 12.9. The Kier molecular flexibility index (Phi) is 6.40. The van der Waals surface area contributed by atoms with Crippen molar-refractivity contribution in [1.82, 2.24) is 24.6 Å². The Labute approximate surface area is 193 Å². The van der Waals surface area contributed by atoms with Gasteiger partial charge in [-0.15, -0.1) is 0 Å². The highest BCUT2D eigenvalue weighted by Gasteiger charge is 2.30. The van der Waals surface area contributed by atoms with Crippen molar-refractivity contribution in [2.24, 2.45) is 0 Å². The van der Waals surface area contributed by atoms with Crippen LogP contribution in [0.4, 0.5) is 19.0 Å². The molecule has 2 N–H and O–H groups in total. The van der Waals surface area contributed by atoms with Gasteiger partial charge in [-0.25, -0.2) is 14.6 Å². The van der Waals surface area contributed by atoms with Crippen molar-refractivity contribution in [2.45, 2.75) is 25.1 Å². The summed E-state index contributed by atoms with van der Waals surface area (Å²) in [4.78, 5) is 22.1. The maximum Gasteiger partial charge on any atom is 0.416 e. The molecule has 11 heteroatoms. The zero-order chi connectivity index (χ0) is 24.3. The van der Waals surface area contributed by atoms with Crippen molar-refractivity contribution in [2.75, 3.05) is 25.4 Å². The molecule has 3 aromatic rings. The standard InChI is InChI=1S/C23H21F3N6O2/c1-2-19(33)31-10-4-7-16(13-31)32-22-20(21(27)28-14-29-22)18(30-32)9-5-11-34-17-8-3-6-15(12-17)23(24,25)26/h2-3,6,8,12,14,16H,1,4,7,10-11,13H2,(H2,27,28,29)/t16-/m1/s1. The predicted molar refractivity (Wildman–Crippen MR) is 119 cm³/mol. The molecule has 0 saturated carbocycles. The summed E-state index contributed by atoms with van der Waals surface area (Å²) in [6, 6.07) is 4.44. The Morgan fingerprint density at radius 2 is 2.18 bits per heavy atom. The Balaban J connectivity index is 1.57. The molecule has 1 aliphatic rings. The summed E-state index contributed by atoms with van der Waals surface area (Å²) in [6.45, 7) is 4.46.